The molecule has 2 aliphatic rings. The Morgan fingerprint density at radius 3 is 2.55 bits per heavy atom. The van der Waals surface area contributed by atoms with Gasteiger partial charge in [-0.25, -0.2) is 4.79 Å². The molecule has 1 heterocycles. The third-order valence-electron chi connectivity index (χ3n) is 4.47. The normalized spacial score (nSPS) is 22.9. The first-order valence-corrected chi connectivity index (χ1v) is 7.61. The van der Waals surface area contributed by atoms with E-state index in [1.54, 1.807) is 4.90 Å². The number of nitrogens with zero attached hydrogens (tertiary/aromatic N) is 1. The highest BCUT2D eigenvalue weighted by Gasteiger charge is 2.40. The minimum atomic E-state index is -0.768. The highest BCUT2D eigenvalue weighted by molar-refractivity contribution is 5.78. The standard InChI is InChI=1S/C14H25N3O3/c18-12(19)14(5-2-1-3-6-14)11-16-13(20)17-9-4-7-15-8-10-17/h15H,1-11H2,(H,16,20)(H,18,19). The summed E-state index contributed by atoms with van der Waals surface area (Å²) in [5.41, 5.74) is -0.752. The molecule has 2 fully saturated rings. The summed E-state index contributed by atoms with van der Waals surface area (Å²) in [7, 11) is 0. The summed E-state index contributed by atoms with van der Waals surface area (Å²) < 4.78 is 0. The highest BCUT2D eigenvalue weighted by atomic mass is 16.4. The predicted octanol–water partition coefficient (Wildman–Crippen LogP) is 1.03. The highest BCUT2D eigenvalue weighted by Crippen LogP contribution is 2.36. The molecular formula is C14H25N3O3. The van der Waals surface area contributed by atoms with Crippen LogP contribution in [0.2, 0.25) is 0 Å². The first-order chi connectivity index (χ1) is 9.64. The van der Waals surface area contributed by atoms with Crippen molar-refractivity contribution in [3.63, 3.8) is 0 Å². The van der Waals surface area contributed by atoms with Crippen molar-refractivity contribution >= 4 is 12.0 Å². The van der Waals surface area contributed by atoms with Crippen LogP contribution in [0.1, 0.15) is 38.5 Å². The zero-order valence-corrected chi connectivity index (χ0v) is 12.0. The van der Waals surface area contributed by atoms with Gasteiger partial charge in [0.05, 0.1) is 5.41 Å². The third kappa shape index (κ3) is 3.62. The van der Waals surface area contributed by atoms with Crippen LogP contribution >= 0.6 is 0 Å². The molecule has 0 aromatic carbocycles. The number of amides is 2. The van der Waals surface area contributed by atoms with Gasteiger partial charge in [0, 0.05) is 26.2 Å². The number of rotatable bonds is 3. The van der Waals surface area contributed by atoms with Crippen molar-refractivity contribution in [3.05, 3.63) is 0 Å². The van der Waals surface area contributed by atoms with Gasteiger partial charge >= 0.3 is 12.0 Å². The number of urea groups is 1. The molecule has 1 aliphatic heterocycles. The van der Waals surface area contributed by atoms with Crippen LogP contribution in [0.25, 0.3) is 0 Å². The molecule has 1 saturated carbocycles. The zero-order valence-electron chi connectivity index (χ0n) is 12.0. The number of carboxylic acid groups (broad SMARTS) is 1. The summed E-state index contributed by atoms with van der Waals surface area (Å²) >= 11 is 0. The number of hydrogen-bond donors (Lipinski definition) is 3. The van der Waals surface area contributed by atoms with E-state index in [-0.39, 0.29) is 12.6 Å². The number of aliphatic carboxylic acids is 1. The molecule has 1 aliphatic carbocycles. The number of carbonyl (C=O) groups excluding carboxylic acids is 1. The fraction of sp³-hybridized carbons (Fsp3) is 0.857. The van der Waals surface area contributed by atoms with Crippen molar-refractivity contribution in [2.75, 3.05) is 32.7 Å². The lowest BCUT2D eigenvalue weighted by Crippen LogP contribution is -2.49. The van der Waals surface area contributed by atoms with Crippen LogP contribution in [0, 0.1) is 5.41 Å². The Kier molecular flexibility index (Phi) is 5.23. The largest absolute Gasteiger partial charge is 0.481 e. The van der Waals surface area contributed by atoms with Crippen LogP contribution in [-0.4, -0.2) is 54.7 Å². The maximum absolute atomic E-state index is 12.2. The Hall–Kier alpha value is -1.30. The maximum Gasteiger partial charge on any atom is 0.317 e. The molecule has 0 aromatic rings. The Morgan fingerprint density at radius 1 is 1.10 bits per heavy atom. The number of nitrogens with one attached hydrogen (secondary N) is 2. The van der Waals surface area contributed by atoms with Crippen LogP contribution in [0.15, 0.2) is 0 Å². The second kappa shape index (κ2) is 6.92. The fourth-order valence-corrected chi connectivity index (χ4v) is 3.10. The number of carboxylic acids is 1. The molecule has 0 spiro atoms. The molecule has 0 aromatic heterocycles. The molecule has 6 nitrogen and oxygen atoms in total. The van der Waals surface area contributed by atoms with Crippen LogP contribution in [0.3, 0.4) is 0 Å². The predicted molar refractivity (Wildman–Crippen MR) is 75.6 cm³/mol. The van der Waals surface area contributed by atoms with Crippen LogP contribution in [-0.2, 0) is 4.79 Å². The lowest BCUT2D eigenvalue weighted by molar-refractivity contribution is -0.150. The van der Waals surface area contributed by atoms with E-state index >= 15 is 0 Å². The molecule has 0 unspecified atom stereocenters. The molecular weight excluding hydrogens is 258 g/mol. The fourth-order valence-electron chi connectivity index (χ4n) is 3.10. The monoisotopic (exact) mass is 283 g/mol. The van der Waals surface area contributed by atoms with Crippen molar-refractivity contribution in [2.24, 2.45) is 5.41 Å². The summed E-state index contributed by atoms with van der Waals surface area (Å²) in [5, 5.41) is 15.6. The van der Waals surface area contributed by atoms with E-state index in [0.29, 0.717) is 19.4 Å². The molecule has 3 N–H and O–H groups in total. The van der Waals surface area contributed by atoms with Gasteiger partial charge in [-0.3, -0.25) is 4.79 Å². The van der Waals surface area contributed by atoms with E-state index in [1.807, 2.05) is 0 Å². The second-order valence-electron chi connectivity index (χ2n) is 5.90. The van der Waals surface area contributed by atoms with Gasteiger partial charge in [0.2, 0.25) is 0 Å². The van der Waals surface area contributed by atoms with Gasteiger partial charge in [-0.1, -0.05) is 19.3 Å². The molecule has 0 bridgehead atoms. The topological polar surface area (TPSA) is 81.7 Å². The van der Waals surface area contributed by atoms with Gasteiger partial charge in [0.15, 0.2) is 0 Å². The van der Waals surface area contributed by atoms with E-state index in [9.17, 15) is 14.7 Å². The molecule has 1 saturated heterocycles. The van der Waals surface area contributed by atoms with Crippen LogP contribution in [0.4, 0.5) is 4.79 Å². The van der Waals surface area contributed by atoms with Crippen molar-refractivity contribution in [1.82, 2.24) is 15.5 Å². The van der Waals surface area contributed by atoms with Gasteiger partial charge in [0.1, 0.15) is 0 Å². The molecule has 2 rings (SSSR count). The van der Waals surface area contributed by atoms with Gasteiger partial charge < -0.3 is 20.6 Å². The van der Waals surface area contributed by atoms with Gasteiger partial charge in [-0.05, 0) is 25.8 Å². The zero-order chi connectivity index (χ0) is 14.4. The molecule has 0 radical (unpaired) electrons. The van der Waals surface area contributed by atoms with Crippen LogP contribution < -0.4 is 10.6 Å². The minimum absolute atomic E-state index is 0.125. The minimum Gasteiger partial charge on any atom is -0.481 e. The lowest BCUT2D eigenvalue weighted by Gasteiger charge is -2.34. The van der Waals surface area contributed by atoms with Crippen molar-refractivity contribution in [2.45, 2.75) is 38.5 Å². The average Bonchev–Trinajstić information content (AvgIpc) is 2.74. The molecule has 20 heavy (non-hydrogen) atoms. The summed E-state index contributed by atoms with van der Waals surface area (Å²) in [4.78, 5) is 25.5. The summed E-state index contributed by atoms with van der Waals surface area (Å²) in [5.74, 6) is -0.768. The molecule has 0 atom stereocenters. The summed E-state index contributed by atoms with van der Waals surface area (Å²) in [6, 6.07) is -0.125. The van der Waals surface area contributed by atoms with E-state index in [2.05, 4.69) is 10.6 Å². The van der Waals surface area contributed by atoms with E-state index in [4.69, 9.17) is 0 Å². The second-order valence-corrected chi connectivity index (χ2v) is 5.90. The Bertz CT molecular complexity index is 346. The number of hydrogen-bond acceptors (Lipinski definition) is 3. The quantitative estimate of drug-likeness (QED) is 0.722. The van der Waals surface area contributed by atoms with Gasteiger partial charge in [-0.2, -0.15) is 0 Å². The van der Waals surface area contributed by atoms with Crippen molar-refractivity contribution in [1.29, 1.82) is 0 Å². The smallest absolute Gasteiger partial charge is 0.317 e. The molecule has 2 amide bonds. The van der Waals surface area contributed by atoms with E-state index in [0.717, 1.165) is 45.3 Å². The Balaban J connectivity index is 1.88. The third-order valence-corrected chi connectivity index (χ3v) is 4.47. The molecule has 6 heteroatoms. The maximum atomic E-state index is 12.2. The first-order valence-electron chi connectivity index (χ1n) is 7.61. The van der Waals surface area contributed by atoms with Crippen molar-refractivity contribution in [3.8, 4) is 0 Å². The Labute approximate surface area is 119 Å². The SMILES string of the molecule is O=C(NCC1(C(=O)O)CCCCC1)N1CCCNCC1. The Morgan fingerprint density at radius 2 is 1.85 bits per heavy atom. The van der Waals surface area contributed by atoms with E-state index in [1.165, 1.54) is 0 Å². The molecule has 114 valence electrons. The summed E-state index contributed by atoms with van der Waals surface area (Å²) in [6.45, 7) is 3.41. The van der Waals surface area contributed by atoms with Crippen LogP contribution in [0.5, 0.6) is 0 Å². The first kappa shape index (κ1) is 15.1. The van der Waals surface area contributed by atoms with Crippen molar-refractivity contribution < 1.29 is 14.7 Å². The van der Waals surface area contributed by atoms with E-state index < -0.39 is 11.4 Å². The van der Waals surface area contributed by atoms with Gasteiger partial charge in [-0.15, -0.1) is 0 Å². The average molecular weight is 283 g/mol. The lowest BCUT2D eigenvalue weighted by atomic mass is 9.74. The summed E-state index contributed by atoms with van der Waals surface area (Å²) in [6.07, 6.45) is 5.26. The number of carbonyl (C=O) groups is 2. The van der Waals surface area contributed by atoms with Gasteiger partial charge in [0.25, 0.3) is 0 Å².